The van der Waals surface area contributed by atoms with Crippen LogP contribution < -0.4 is 0 Å². The Morgan fingerprint density at radius 3 is 1.70 bits per heavy atom. The highest BCUT2D eigenvalue weighted by atomic mass is 32.1. The molecule has 0 atom stereocenters. The molecule has 0 aliphatic carbocycles. The first-order valence-electron chi connectivity index (χ1n) is 17.5. The van der Waals surface area contributed by atoms with Crippen LogP contribution in [0.15, 0.2) is 176 Å². The van der Waals surface area contributed by atoms with Crippen LogP contribution in [0.5, 0.6) is 0 Å². The van der Waals surface area contributed by atoms with Gasteiger partial charge in [-0.1, -0.05) is 140 Å². The minimum absolute atomic E-state index is 0.627. The monoisotopic (exact) mass is 695 g/mol. The van der Waals surface area contributed by atoms with Gasteiger partial charge in [0.1, 0.15) is 0 Å². The first-order valence-corrected chi connectivity index (χ1v) is 18.3. The van der Waals surface area contributed by atoms with Crippen molar-refractivity contribution in [2.45, 2.75) is 0 Å². The molecule has 5 nitrogen and oxygen atoms in total. The number of fused-ring (bicyclic) bond motifs is 4. The molecule has 0 unspecified atom stereocenters. The SMILES string of the molecule is c1ccc(-c2cccc(-c3nc(-c4ccccc4)nc(-c4cccc5sc6ccc(-c7nc(-c8ccccc8)c8ccccc8n7)cc6c45)n3)c2)cc1. The van der Waals surface area contributed by atoms with Crippen molar-refractivity contribution in [3.8, 4) is 67.9 Å². The molecule has 7 aromatic carbocycles. The normalized spacial score (nSPS) is 11.4. The average molecular weight is 696 g/mol. The molecule has 248 valence electrons. The summed E-state index contributed by atoms with van der Waals surface area (Å²) in [5.74, 6) is 2.57. The van der Waals surface area contributed by atoms with E-state index in [1.165, 1.54) is 4.70 Å². The maximum Gasteiger partial charge on any atom is 0.164 e. The second-order valence-corrected chi connectivity index (χ2v) is 14.0. The molecule has 0 aliphatic heterocycles. The van der Waals surface area contributed by atoms with Crippen molar-refractivity contribution in [1.29, 1.82) is 0 Å². The van der Waals surface area contributed by atoms with Crippen LogP contribution >= 0.6 is 11.3 Å². The van der Waals surface area contributed by atoms with Crippen molar-refractivity contribution in [2.24, 2.45) is 0 Å². The Morgan fingerprint density at radius 1 is 0.321 bits per heavy atom. The molecule has 0 N–H and O–H groups in total. The van der Waals surface area contributed by atoms with Crippen LogP contribution in [0.1, 0.15) is 0 Å². The third kappa shape index (κ3) is 5.72. The van der Waals surface area contributed by atoms with E-state index < -0.39 is 0 Å². The molecular weight excluding hydrogens is 667 g/mol. The highest BCUT2D eigenvalue weighted by Gasteiger charge is 2.19. The van der Waals surface area contributed by atoms with Gasteiger partial charge in [-0.3, -0.25) is 0 Å². The molecule has 0 amide bonds. The van der Waals surface area contributed by atoms with E-state index in [2.05, 4.69) is 109 Å². The van der Waals surface area contributed by atoms with Crippen LogP contribution in [0.2, 0.25) is 0 Å². The van der Waals surface area contributed by atoms with Gasteiger partial charge >= 0.3 is 0 Å². The molecule has 0 radical (unpaired) electrons. The summed E-state index contributed by atoms with van der Waals surface area (Å²) in [6, 6.07) is 60.4. The maximum absolute atomic E-state index is 5.19. The summed E-state index contributed by atoms with van der Waals surface area (Å²) in [5, 5.41) is 3.25. The largest absolute Gasteiger partial charge is 0.228 e. The lowest BCUT2D eigenvalue weighted by Crippen LogP contribution is -2.00. The molecule has 3 heterocycles. The lowest BCUT2D eigenvalue weighted by molar-refractivity contribution is 1.08. The Labute approximate surface area is 310 Å². The van der Waals surface area contributed by atoms with Crippen molar-refractivity contribution < 1.29 is 0 Å². The first-order chi connectivity index (χ1) is 26.2. The Kier molecular flexibility index (Phi) is 7.59. The Bertz CT molecular complexity index is 2940. The fraction of sp³-hybridized carbons (Fsp3) is 0. The molecule has 0 spiro atoms. The van der Waals surface area contributed by atoms with Crippen LogP contribution in [-0.4, -0.2) is 24.9 Å². The third-order valence-electron chi connectivity index (χ3n) is 9.54. The van der Waals surface area contributed by atoms with Gasteiger partial charge in [0.2, 0.25) is 0 Å². The van der Waals surface area contributed by atoms with Crippen LogP contribution in [0.25, 0.3) is 99.0 Å². The summed E-state index contributed by atoms with van der Waals surface area (Å²) in [4.78, 5) is 25.6. The quantitative estimate of drug-likeness (QED) is 0.173. The van der Waals surface area contributed by atoms with Gasteiger partial charge in [-0.2, -0.15) is 0 Å². The number of nitrogens with zero attached hydrogens (tertiary/aromatic N) is 5. The van der Waals surface area contributed by atoms with Crippen LogP contribution in [0.4, 0.5) is 0 Å². The van der Waals surface area contributed by atoms with E-state index in [0.29, 0.717) is 23.3 Å². The van der Waals surface area contributed by atoms with Gasteiger partial charge in [0.05, 0.1) is 11.2 Å². The summed E-state index contributed by atoms with van der Waals surface area (Å²) in [6.45, 7) is 0. The molecule has 0 fully saturated rings. The van der Waals surface area contributed by atoms with Crippen LogP contribution in [-0.2, 0) is 0 Å². The van der Waals surface area contributed by atoms with Crippen molar-refractivity contribution in [1.82, 2.24) is 24.9 Å². The predicted molar refractivity (Wildman–Crippen MR) is 218 cm³/mol. The molecule has 53 heavy (non-hydrogen) atoms. The molecule has 3 aromatic heterocycles. The van der Waals surface area contributed by atoms with Gasteiger partial charge in [0.25, 0.3) is 0 Å². The fourth-order valence-corrected chi connectivity index (χ4v) is 8.10. The zero-order chi connectivity index (χ0) is 35.1. The Hall–Kier alpha value is -6.89. The minimum atomic E-state index is 0.627. The molecule has 10 aromatic rings. The lowest BCUT2D eigenvalue weighted by atomic mass is 10.0. The number of benzene rings is 7. The summed E-state index contributed by atoms with van der Waals surface area (Å²) >= 11 is 1.77. The molecular formula is C47H29N5S. The number of thiophene rings is 1. The molecule has 6 heteroatoms. The van der Waals surface area contributed by atoms with Gasteiger partial charge in [0, 0.05) is 53.4 Å². The van der Waals surface area contributed by atoms with E-state index in [-0.39, 0.29) is 0 Å². The number of para-hydroxylation sites is 1. The highest BCUT2D eigenvalue weighted by molar-refractivity contribution is 7.26. The van der Waals surface area contributed by atoms with Gasteiger partial charge in [-0.15, -0.1) is 11.3 Å². The summed E-state index contributed by atoms with van der Waals surface area (Å²) < 4.78 is 2.33. The lowest BCUT2D eigenvalue weighted by Gasteiger charge is -2.11. The van der Waals surface area contributed by atoms with E-state index >= 15 is 0 Å². The van der Waals surface area contributed by atoms with Gasteiger partial charge in [-0.05, 0) is 47.5 Å². The third-order valence-corrected chi connectivity index (χ3v) is 10.7. The summed E-state index contributed by atoms with van der Waals surface area (Å²) in [6.07, 6.45) is 0. The Balaban J connectivity index is 1.16. The molecule has 0 saturated heterocycles. The molecule has 0 aliphatic rings. The smallest absolute Gasteiger partial charge is 0.164 e. The maximum atomic E-state index is 5.19. The summed E-state index contributed by atoms with van der Waals surface area (Å²) in [5.41, 5.74) is 8.91. The van der Waals surface area contributed by atoms with Crippen LogP contribution in [0, 0.1) is 0 Å². The predicted octanol–water partition coefficient (Wildman–Crippen LogP) is 12.2. The fourth-order valence-electron chi connectivity index (χ4n) is 6.98. The molecule has 0 saturated carbocycles. The Morgan fingerprint density at radius 2 is 0.906 bits per heavy atom. The van der Waals surface area contributed by atoms with E-state index in [9.17, 15) is 0 Å². The van der Waals surface area contributed by atoms with E-state index in [4.69, 9.17) is 24.9 Å². The first kappa shape index (κ1) is 30.9. The van der Waals surface area contributed by atoms with Crippen molar-refractivity contribution in [3.63, 3.8) is 0 Å². The standard InChI is InChI=1S/C47H29N5S/c1-4-14-30(15-5-1)33-20-12-21-34(28-33)46-50-44(32-18-8-3-9-19-32)51-47(52-46)37-23-13-25-41-42(37)38-29-35(26-27-40(38)53-41)45-48-39-24-11-10-22-36(39)43(49-45)31-16-6-2-7-17-31/h1-29H. The summed E-state index contributed by atoms with van der Waals surface area (Å²) in [7, 11) is 0. The second-order valence-electron chi connectivity index (χ2n) is 12.9. The molecule has 0 bridgehead atoms. The topological polar surface area (TPSA) is 64.5 Å². The second kappa shape index (κ2) is 13.0. The number of aromatic nitrogens is 5. The van der Waals surface area contributed by atoms with Crippen LogP contribution in [0.3, 0.4) is 0 Å². The van der Waals surface area contributed by atoms with Gasteiger partial charge < -0.3 is 0 Å². The average Bonchev–Trinajstić information content (AvgIpc) is 3.62. The number of rotatable bonds is 6. The minimum Gasteiger partial charge on any atom is -0.228 e. The van der Waals surface area contributed by atoms with E-state index in [1.807, 2.05) is 66.7 Å². The number of hydrogen-bond acceptors (Lipinski definition) is 6. The van der Waals surface area contributed by atoms with E-state index in [1.54, 1.807) is 11.3 Å². The molecule has 10 rings (SSSR count). The zero-order valence-electron chi connectivity index (χ0n) is 28.4. The van der Waals surface area contributed by atoms with Gasteiger partial charge in [-0.25, -0.2) is 24.9 Å². The van der Waals surface area contributed by atoms with Crippen molar-refractivity contribution in [3.05, 3.63) is 176 Å². The zero-order valence-corrected chi connectivity index (χ0v) is 29.2. The highest BCUT2D eigenvalue weighted by Crippen LogP contribution is 2.41. The van der Waals surface area contributed by atoms with Gasteiger partial charge in [0.15, 0.2) is 23.3 Å². The van der Waals surface area contributed by atoms with E-state index in [0.717, 1.165) is 71.0 Å². The van der Waals surface area contributed by atoms with Crippen molar-refractivity contribution in [2.75, 3.05) is 0 Å². The number of hydrogen-bond donors (Lipinski definition) is 0. The van der Waals surface area contributed by atoms with Crippen molar-refractivity contribution >= 4 is 42.4 Å².